The summed E-state index contributed by atoms with van der Waals surface area (Å²) in [5.41, 5.74) is -0.975. The number of carbonyl (C=O) groups excluding carboxylic acids is 2. The lowest BCUT2D eigenvalue weighted by atomic mass is 10.1. The van der Waals surface area contributed by atoms with Crippen LogP contribution >= 0.6 is 0 Å². The van der Waals surface area contributed by atoms with Crippen molar-refractivity contribution in [2.75, 3.05) is 19.6 Å². The van der Waals surface area contributed by atoms with E-state index in [1.165, 1.54) is 0 Å². The van der Waals surface area contributed by atoms with E-state index in [2.05, 4.69) is 5.32 Å². The van der Waals surface area contributed by atoms with E-state index >= 15 is 0 Å². The number of ether oxygens (including phenoxy) is 1. The molecular formula is C14H24N2O4. The van der Waals surface area contributed by atoms with Crippen molar-refractivity contribution in [2.45, 2.75) is 45.8 Å². The van der Waals surface area contributed by atoms with Crippen LogP contribution in [0.3, 0.4) is 0 Å². The van der Waals surface area contributed by atoms with Crippen molar-refractivity contribution in [2.24, 2.45) is 11.3 Å². The lowest BCUT2D eigenvalue weighted by Crippen LogP contribution is -2.42. The molecule has 2 N–H and O–H groups in total. The Bertz CT molecular complexity index is 416. The van der Waals surface area contributed by atoms with Crippen molar-refractivity contribution in [1.29, 1.82) is 0 Å². The molecule has 1 saturated heterocycles. The molecule has 2 amide bonds. The van der Waals surface area contributed by atoms with Gasteiger partial charge in [0.2, 0.25) is 5.91 Å². The van der Waals surface area contributed by atoms with Crippen LogP contribution in [-0.2, 0) is 9.53 Å². The van der Waals surface area contributed by atoms with Gasteiger partial charge in [-0.3, -0.25) is 4.79 Å². The molecule has 1 aliphatic heterocycles. The topological polar surface area (TPSA) is 78.9 Å². The number of amides is 2. The van der Waals surface area contributed by atoms with E-state index in [1.54, 1.807) is 11.8 Å². The van der Waals surface area contributed by atoms with Crippen LogP contribution in [0.5, 0.6) is 0 Å². The van der Waals surface area contributed by atoms with Gasteiger partial charge in [0.25, 0.3) is 0 Å². The Balaban J connectivity index is 1.89. The second-order valence-corrected chi connectivity index (χ2v) is 6.98. The van der Waals surface area contributed by atoms with Gasteiger partial charge in [0.05, 0.1) is 11.5 Å². The largest absolute Gasteiger partial charge is 0.444 e. The van der Waals surface area contributed by atoms with Gasteiger partial charge in [0, 0.05) is 19.6 Å². The standard InChI is InChI=1S/C14H24N2O4/c1-9(17)6-15-11(18)14-5-10(14)7-16(8-14)12(19)20-13(2,3)4/h9-10,17H,5-8H2,1-4H3,(H,15,18)/t9-,10?,14?/m1/s1. The number of aliphatic hydroxyl groups excluding tert-OH is 1. The summed E-state index contributed by atoms with van der Waals surface area (Å²) in [4.78, 5) is 25.8. The van der Waals surface area contributed by atoms with E-state index in [9.17, 15) is 14.7 Å². The Morgan fingerprint density at radius 1 is 1.50 bits per heavy atom. The van der Waals surface area contributed by atoms with Gasteiger partial charge in [-0.05, 0) is 40.0 Å². The number of fused-ring (bicyclic) bond motifs is 1. The minimum absolute atomic E-state index is 0.0607. The predicted octanol–water partition coefficient (Wildman–Crippen LogP) is 0.740. The van der Waals surface area contributed by atoms with Crippen molar-refractivity contribution < 1.29 is 19.4 Å². The molecule has 0 aromatic rings. The van der Waals surface area contributed by atoms with Gasteiger partial charge >= 0.3 is 6.09 Å². The second kappa shape index (κ2) is 4.91. The van der Waals surface area contributed by atoms with Crippen LogP contribution in [-0.4, -0.2) is 53.3 Å². The molecule has 1 heterocycles. The summed E-state index contributed by atoms with van der Waals surface area (Å²) in [6, 6.07) is 0. The monoisotopic (exact) mass is 284 g/mol. The van der Waals surface area contributed by atoms with Gasteiger partial charge in [-0.25, -0.2) is 4.79 Å². The van der Waals surface area contributed by atoms with E-state index in [0.717, 1.165) is 6.42 Å². The molecule has 2 aliphatic rings. The molecule has 0 aromatic heterocycles. The van der Waals surface area contributed by atoms with Crippen molar-refractivity contribution in [3.05, 3.63) is 0 Å². The Hall–Kier alpha value is -1.30. The van der Waals surface area contributed by atoms with E-state index < -0.39 is 17.1 Å². The molecule has 0 aromatic carbocycles. The van der Waals surface area contributed by atoms with Crippen LogP contribution < -0.4 is 5.32 Å². The van der Waals surface area contributed by atoms with Crippen molar-refractivity contribution >= 4 is 12.0 Å². The number of hydrogen-bond donors (Lipinski definition) is 2. The SMILES string of the molecule is C[C@@H](O)CNC(=O)C12CC1CN(C(=O)OC(C)(C)C)C2. The van der Waals surface area contributed by atoms with Crippen LogP contribution in [0.2, 0.25) is 0 Å². The molecule has 2 fully saturated rings. The van der Waals surface area contributed by atoms with Gasteiger partial charge in [0.1, 0.15) is 5.60 Å². The summed E-state index contributed by atoms with van der Waals surface area (Å²) in [5, 5.41) is 12.0. The molecule has 1 saturated carbocycles. The van der Waals surface area contributed by atoms with Crippen molar-refractivity contribution in [3.8, 4) is 0 Å². The average molecular weight is 284 g/mol. The molecule has 3 atom stereocenters. The zero-order valence-corrected chi connectivity index (χ0v) is 12.6. The maximum Gasteiger partial charge on any atom is 0.410 e. The first-order chi connectivity index (χ1) is 9.14. The summed E-state index contributed by atoms with van der Waals surface area (Å²) in [5.74, 6) is 0.165. The smallest absolute Gasteiger partial charge is 0.410 e. The number of hydrogen-bond acceptors (Lipinski definition) is 4. The number of nitrogens with one attached hydrogen (secondary N) is 1. The summed E-state index contributed by atoms with van der Waals surface area (Å²) >= 11 is 0. The lowest BCUT2D eigenvalue weighted by Gasteiger charge is -2.26. The molecule has 0 spiro atoms. The van der Waals surface area contributed by atoms with E-state index in [1.807, 2.05) is 20.8 Å². The molecule has 0 radical (unpaired) electrons. The van der Waals surface area contributed by atoms with Crippen molar-refractivity contribution in [3.63, 3.8) is 0 Å². The Kier molecular flexibility index (Phi) is 3.71. The average Bonchev–Trinajstić information content (AvgIpc) is 2.87. The van der Waals surface area contributed by atoms with Crippen LogP contribution in [0.4, 0.5) is 4.79 Å². The molecule has 2 unspecified atom stereocenters. The third-order valence-corrected chi connectivity index (χ3v) is 3.81. The molecule has 2 rings (SSSR count). The van der Waals surface area contributed by atoms with Gasteiger partial charge in [0.15, 0.2) is 0 Å². The van der Waals surface area contributed by atoms with Gasteiger partial charge < -0.3 is 20.1 Å². The van der Waals surface area contributed by atoms with Gasteiger partial charge in [-0.15, -0.1) is 0 Å². The molecule has 6 heteroatoms. The molecule has 20 heavy (non-hydrogen) atoms. The lowest BCUT2D eigenvalue weighted by molar-refractivity contribution is -0.126. The highest BCUT2D eigenvalue weighted by molar-refractivity contribution is 5.88. The highest BCUT2D eigenvalue weighted by Crippen LogP contribution is 2.58. The molecule has 1 aliphatic carbocycles. The molecule has 114 valence electrons. The first kappa shape index (κ1) is 15.1. The van der Waals surface area contributed by atoms with Crippen LogP contribution in [0.15, 0.2) is 0 Å². The maximum absolute atomic E-state index is 12.2. The van der Waals surface area contributed by atoms with E-state index in [-0.39, 0.29) is 24.5 Å². The highest BCUT2D eigenvalue weighted by Gasteiger charge is 2.65. The third kappa shape index (κ3) is 3.06. The summed E-state index contributed by atoms with van der Waals surface area (Å²) < 4.78 is 5.33. The minimum Gasteiger partial charge on any atom is -0.444 e. The molecule has 6 nitrogen and oxygen atoms in total. The second-order valence-electron chi connectivity index (χ2n) is 6.98. The predicted molar refractivity (Wildman–Crippen MR) is 73.0 cm³/mol. The quantitative estimate of drug-likeness (QED) is 0.801. The van der Waals surface area contributed by atoms with Gasteiger partial charge in [-0.1, -0.05) is 0 Å². The number of likely N-dealkylation sites (tertiary alicyclic amines) is 1. The van der Waals surface area contributed by atoms with Crippen LogP contribution in [0.25, 0.3) is 0 Å². The number of rotatable bonds is 3. The zero-order valence-electron chi connectivity index (χ0n) is 12.6. The third-order valence-electron chi connectivity index (χ3n) is 3.81. The van der Waals surface area contributed by atoms with Crippen molar-refractivity contribution in [1.82, 2.24) is 10.2 Å². The molecular weight excluding hydrogens is 260 g/mol. The van der Waals surface area contributed by atoms with Gasteiger partial charge in [-0.2, -0.15) is 0 Å². The molecule has 0 bridgehead atoms. The summed E-state index contributed by atoms with van der Waals surface area (Å²) in [6.45, 7) is 8.35. The maximum atomic E-state index is 12.2. The Labute approximate surface area is 119 Å². The Morgan fingerprint density at radius 2 is 2.15 bits per heavy atom. The van der Waals surface area contributed by atoms with Crippen LogP contribution in [0.1, 0.15) is 34.1 Å². The van der Waals surface area contributed by atoms with E-state index in [4.69, 9.17) is 4.74 Å². The summed E-state index contributed by atoms with van der Waals surface area (Å²) in [7, 11) is 0. The first-order valence-electron chi connectivity index (χ1n) is 7.08. The van der Waals surface area contributed by atoms with E-state index in [0.29, 0.717) is 13.1 Å². The fraction of sp³-hybridized carbons (Fsp3) is 0.857. The normalized spacial score (nSPS) is 29.6. The fourth-order valence-corrected chi connectivity index (χ4v) is 2.72. The number of nitrogens with zero attached hydrogens (tertiary/aromatic N) is 1. The number of carbonyl (C=O) groups is 2. The van der Waals surface area contributed by atoms with Crippen LogP contribution in [0, 0.1) is 11.3 Å². The summed E-state index contributed by atoms with van der Waals surface area (Å²) in [6.07, 6.45) is -0.0962. The fourth-order valence-electron chi connectivity index (χ4n) is 2.72. The number of piperidine rings is 1. The first-order valence-corrected chi connectivity index (χ1v) is 7.08. The Morgan fingerprint density at radius 3 is 2.70 bits per heavy atom. The minimum atomic E-state index is -0.559. The highest BCUT2D eigenvalue weighted by atomic mass is 16.6. The number of aliphatic hydroxyl groups is 1. The zero-order chi connectivity index (χ0) is 15.1.